The van der Waals surface area contributed by atoms with Gasteiger partial charge in [0.25, 0.3) is 0 Å². The Balaban J connectivity index is 1.71. The lowest BCUT2D eigenvalue weighted by Crippen LogP contribution is -2.09. The molecule has 0 saturated carbocycles. The zero-order valence-electron chi connectivity index (χ0n) is 15.7. The SMILES string of the molecule is CCC(=O)Nc1cccc(Nc2cc(Nc3cccc(SNC)c3)ncn2)c1. The standard InChI is InChI=1S/C20H22N6OS/c1-3-20(27)26-15-7-4-6-14(10-15)24-18-12-19(23-13-22-18)25-16-8-5-9-17(11-16)28-21-2/h4-13,21H,3H2,1-2H3,(H,26,27)(H2,22,23,24,25). The Morgan fingerprint density at radius 1 is 0.929 bits per heavy atom. The summed E-state index contributed by atoms with van der Waals surface area (Å²) in [5.74, 6) is 1.31. The van der Waals surface area contributed by atoms with Crippen LogP contribution in [0.25, 0.3) is 0 Å². The van der Waals surface area contributed by atoms with Crippen LogP contribution in [-0.2, 0) is 4.79 Å². The van der Waals surface area contributed by atoms with Crippen molar-refractivity contribution in [2.45, 2.75) is 18.2 Å². The summed E-state index contributed by atoms with van der Waals surface area (Å²) < 4.78 is 3.06. The van der Waals surface area contributed by atoms with Crippen LogP contribution in [0, 0.1) is 0 Å². The second-order valence-corrected chi connectivity index (χ2v) is 6.94. The molecule has 7 nitrogen and oxygen atoms in total. The van der Waals surface area contributed by atoms with Crippen molar-refractivity contribution < 1.29 is 4.79 Å². The molecular weight excluding hydrogens is 372 g/mol. The number of hydrogen-bond donors (Lipinski definition) is 4. The fourth-order valence-corrected chi connectivity index (χ4v) is 3.04. The lowest BCUT2D eigenvalue weighted by Gasteiger charge is -2.11. The van der Waals surface area contributed by atoms with Crippen LogP contribution in [0.2, 0.25) is 0 Å². The van der Waals surface area contributed by atoms with Gasteiger partial charge in [0.05, 0.1) is 0 Å². The van der Waals surface area contributed by atoms with E-state index in [4.69, 9.17) is 0 Å². The number of anilines is 5. The monoisotopic (exact) mass is 394 g/mol. The third-order valence-corrected chi connectivity index (χ3v) is 4.43. The Kier molecular flexibility index (Phi) is 6.83. The molecule has 4 N–H and O–H groups in total. The first-order chi connectivity index (χ1) is 13.7. The molecule has 1 amide bonds. The number of nitrogens with zero attached hydrogens (tertiary/aromatic N) is 2. The molecule has 3 aromatic rings. The molecule has 0 fully saturated rings. The van der Waals surface area contributed by atoms with Gasteiger partial charge in [-0.1, -0.05) is 19.1 Å². The van der Waals surface area contributed by atoms with E-state index in [1.54, 1.807) is 11.9 Å². The van der Waals surface area contributed by atoms with Crippen molar-refractivity contribution in [2.24, 2.45) is 0 Å². The molecule has 1 aromatic heterocycles. The highest BCUT2D eigenvalue weighted by atomic mass is 32.2. The van der Waals surface area contributed by atoms with Crippen molar-refractivity contribution in [3.63, 3.8) is 0 Å². The van der Waals surface area contributed by atoms with E-state index in [1.165, 1.54) is 6.33 Å². The molecule has 0 bridgehead atoms. The number of hydrogen-bond acceptors (Lipinski definition) is 7. The summed E-state index contributed by atoms with van der Waals surface area (Å²) in [4.78, 5) is 21.2. The number of nitrogens with one attached hydrogen (secondary N) is 4. The first-order valence-corrected chi connectivity index (χ1v) is 9.67. The van der Waals surface area contributed by atoms with Gasteiger partial charge in [-0.15, -0.1) is 0 Å². The minimum absolute atomic E-state index is 0.0238. The molecule has 8 heteroatoms. The van der Waals surface area contributed by atoms with Gasteiger partial charge in [0.1, 0.15) is 18.0 Å². The van der Waals surface area contributed by atoms with Gasteiger partial charge < -0.3 is 16.0 Å². The van der Waals surface area contributed by atoms with Gasteiger partial charge in [-0.05, 0) is 55.4 Å². The molecular formula is C20H22N6OS. The topological polar surface area (TPSA) is 91.0 Å². The summed E-state index contributed by atoms with van der Waals surface area (Å²) >= 11 is 1.55. The molecule has 1 heterocycles. The molecule has 0 saturated heterocycles. The van der Waals surface area contributed by atoms with Crippen molar-refractivity contribution in [3.8, 4) is 0 Å². The predicted octanol–water partition coefficient (Wildman–Crippen LogP) is 4.54. The van der Waals surface area contributed by atoms with Gasteiger partial charge >= 0.3 is 0 Å². The van der Waals surface area contributed by atoms with E-state index in [9.17, 15) is 4.79 Å². The van der Waals surface area contributed by atoms with Gasteiger partial charge in [-0.25, -0.2) is 9.97 Å². The molecule has 0 atom stereocenters. The minimum Gasteiger partial charge on any atom is -0.340 e. The third-order valence-electron chi connectivity index (χ3n) is 3.73. The number of carbonyl (C=O) groups excluding carboxylic acids is 1. The van der Waals surface area contributed by atoms with E-state index in [1.807, 2.05) is 68.6 Å². The fraction of sp³-hybridized carbons (Fsp3) is 0.150. The zero-order chi connectivity index (χ0) is 19.8. The minimum atomic E-state index is -0.0238. The first-order valence-electron chi connectivity index (χ1n) is 8.86. The van der Waals surface area contributed by atoms with E-state index >= 15 is 0 Å². The van der Waals surface area contributed by atoms with Gasteiger partial charge in [0.15, 0.2) is 0 Å². The molecule has 144 valence electrons. The third kappa shape index (κ3) is 5.70. The average Bonchev–Trinajstić information content (AvgIpc) is 2.69. The van der Waals surface area contributed by atoms with Crippen LogP contribution >= 0.6 is 11.9 Å². The van der Waals surface area contributed by atoms with E-state index in [0.29, 0.717) is 18.1 Å². The Bertz CT molecular complexity index is 949. The van der Waals surface area contributed by atoms with E-state index in [0.717, 1.165) is 22.0 Å². The van der Waals surface area contributed by atoms with E-state index in [-0.39, 0.29) is 5.91 Å². The first kappa shape index (κ1) is 19.7. The van der Waals surface area contributed by atoms with E-state index in [2.05, 4.69) is 30.6 Å². The van der Waals surface area contributed by atoms with Crippen LogP contribution in [0.1, 0.15) is 13.3 Å². The second kappa shape index (κ2) is 9.72. The highest BCUT2D eigenvalue weighted by molar-refractivity contribution is 7.97. The van der Waals surface area contributed by atoms with Crippen molar-refractivity contribution >= 4 is 46.6 Å². The van der Waals surface area contributed by atoms with Crippen molar-refractivity contribution in [2.75, 3.05) is 23.0 Å². The molecule has 0 aliphatic rings. The molecule has 0 aliphatic heterocycles. The van der Waals surface area contributed by atoms with Gasteiger partial charge in [-0.3, -0.25) is 9.52 Å². The smallest absolute Gasteiger partial charge is 0.224 e. The predicted molar refractivity (Wildman–Crippen MR) is 115 cm³/mol. The number of rotatable bonds is 8. The van der Waals surface area contributed by atoms with Gasteiger partial charge in [0, 0.05) is 34.4 Å². The molecule has 0 unspecified atom stereocenters. The second-order valence-electron chi connectivity index (χ2n) is 5.86. The maximum absolute atomic E-state index is 11.6. The van der Waals surface area contributed by atoms with Gasteiger partial charge in [-0.2, -0.15) is 0 Å². The highest BCUT2D eigenvalue weighted by Crippen LogP contribution is 2.23. The largest absolute Gasteiger partial charge is 0.340 e. The zero-order valence-corrected chi connectivity index (χ0v) is 16.5. The van der Waals surface area contributed by atoms with Crippen LogP contribution in [0.3, 0.4) is 0 Å². The van der Waals surface area contributed by atoms with Crippen LogP contribution in [-0.4, -0.2) is 22.9 Å². The molecule has 0 spiro atoms. The lowest BCUT2D eigenvalue weighted by molar-refractivity contribution is -0.115. The summed E-state index contributed by atoms with van der Waals surface area (Å²) in [5, 5.41) is 9.37. The van der Waals surface area contributed by atoms with E-state index < -0.39 is 0 Å². The lowest BCUT2D eigenvalue weighted by atomic mass is 10.2. The summed E-state index contributed by atoms with van der Waals surface area (Å²) in [7, 11) is 1.88. The maximum Gasteiger partial charge on any atom is 0.224 e. The number of benzene rings is 2. The van der Waals surface area contributed by atoms with Gasteiger partial charge in [0.2, 0.25) is 5.91 Å². The Morgan fingerprint density at radius 3 is 2.25 bits per heavy atom. The van der Waals surface area contributed by atoms with Crippen molar-refractivity contribution in [3.05, 3.63) is 60.9 Å². The summed E-state index contributed by atoms with van der Waals surface area (Å²) in [5.41, 5.74) is 2.50. The molecule has 3 rings (SSSR count). The highest BCUT2D eigenvalue weighted by Gasteiger charge is 2.04. The van der Waals surface area contributed by atoms with Crippen LogP contribution in [0.5, 0.6) is 0 Å². The molecule has 0 radical (unpaired) electrons. The van der Waals surface area contributed by atoms with Crippen LogP contribution in [0.15, 0.2) is 65.8 Å². The number of carbonyl (C=O) groups is 1. The molecule has 0 aliphatic carbocycles. The Hall–Kier alpha value is -3.10. The summed E-state index contributed by atoms with van der Waals surface area (Å²) in [6.45, 7) is 1.82. The summed E-state index contributed by atoms with van der Waals surface area (Å²) in [6.07, 6.45) is 1.94. The Morgan fingerprint density at radius 2 is 1.57 bits per heavy atom. The van der Waals surface area contributed by atoms with Crippen molar-refractivity contribution in [1.82, 2.24) is 14.7 Å². The molecule has 2 aromatic carbocycles. The van der Waals surface area contributed by atoms with Crippen LogP contribution < -0.4 is 20.7 Å². The average molecular weight is 395 g/mol. The number of aromatic nitrogens is 2. The maximum atomic E-state index is 11.6. The van der Waals surface area contributed by atoms with Crippen molar-refractivity contribution in [1.29, 1.82) is 0 Å². The molecule has 28 heavy (non-hydrogen) atoms. The fourth-order valence-electron chi connectivity index (χ4n) is 2.47. The quantitative estimate of drug-likeness (QED) is 0.417. The van der Waals surface area contributed by atoms with Crippen LogP contribution in [0.4, 0.5) is 28.7 Å². The summed E-state index contributed by atoms with van der Waals surface area (Å²) in [6, 6.07) is 17.4. The normalized spacial score (nSPS) is 10.4. The number of amides is 1. The Labute approximate surface area is 168 Å².